The van der Waals surface area contributed by atoms with Crippen LogP contribution in [0, 0.1) is 0 Å². The van der Waals surface area contributed by atoms with E-state index in [1.54, 1.807) is 12.1 Å². The maximum atomic E-state index is 12.4. The normalized spacial score (nSPS) is 11.9. The molecule has 3 aromatic rings. The molecule has 3 rings (SSSR count). The first-order valence-corrected chi connectivity index (χ1v) is 11.2. The zero-order chi connectivity index (χ0) is 24.2. The first-order chi connectivity index (χ1) is 16.5. The first kappa shape index (κ1) is 25.2. The lowest BCUT2D eigenvalue weighted by Crippen LogP contribution is -2.32. The molecule has 1 unspecified atom stereocenters. The van der Waals surface area contributed by atoms with Crippen LogP contribution in [0.25, 0.3) is 12.2 Å². The summed E-state index contributed by atoms with van der Waals surface area (Å²) in [5, 5.41) is 12.8. The summed E-state index contributed by atoms with van der Waals surface area (Å²) in [6.45, 7) is 0.340. The van der Waals surface area contributed by atoms with E-state index in [9.17, 15) is 14.7 Å². The molecule has 0 radical (unpaired) electrons. The monoisotopic (exact) mass is 479 g/mol. The van der Waals surface area contributed by atoms with Crippen LogP contribution in [0.3, 0.4) is 0 Å². The fourth-order valence-electron chi connectivity index (χ4n) is 3.07. The van der Waals surface area contributed by atoms with Crippen LogP contribution in [-0.4, -0.2) is 36.4 Å². The third-order valence-corrected chi connectivity index (χ3v) is 5.19. The van der Waals surface area contributed by atoms with E-state index in [-0.39, 0.29) is 25.7 Å². The molecule has 0 fully saturated rings. The second-order valence-corrected chi connectivity index (χ2v) is 7.93. The second-order valence-electron chi connectivity index (χ2n) is 7.50. The molecule has 176 valence electrons. The van der Waals surface area contributed by atoms with Gasteiger partial charge in [-0.15, -0.1) is 0 Å². The molecule has 0 aliphatic rings. The minimum atomic E-state index is -1.10. The topological polar surface area (TPSA) is 84.9 Å². The fraction of sp³-hybridized carbons (Fsp3) is 0.185. The van der Waals surface area contributed by atoms with Crippen molar-refractivity contribution in [2.45, 2.75) is 19.1 Å². The number of hydrogen-bond donors (Lipinski definition) is 2. The van der Waals surface area contributed by atoms with Gasteiger partial charge in [0.2, 0.25) is 0 Å². The van der Waals surface area contributed by atoms with Crippen molar-refractivity contribution in [2.75, 3.05) is 13.3 Å². The van der Waals surface area contributed by atoms with Crippen LogP contribution in [0.2, 0.25) is 5.02 Å². The Morgan fingerprint density at radius 2 is 1.53 bits per heavy atom. The van der Waals surface area contributed by atoms with Gasteiger partial charge in [-0.25, -0.2) is 4.79 Å². The van der Waals surface area contributed by atoms with Crippen molar-refractivity contribution >= 4 is 35.6 Å². The number of nitrogens with one attached hydrogen (secondary N) is 1. The zero-order valence-corrected chi connectivity index (χ0v) is 19.3. The molecule has 1 atom stereocenters. The van der Waals surface area contributed by atoms with E-state index in [2.05, 4.69) is 5.32 Å². The Morgan fingerprint density at radius 3 is 2.15 bits per heavy atom. The van der Waals surface area contributed by atoms with E-state index in [1.807, 2.05) is 78.9 Å². The summed E-state index contributed by atoms with van der Waals surface area (Å²) in [5.74, 6) is -1.38. The van der Waals surface area contributed by atoms with Crippen molar-refractivity contribution in [1.29, 1.82) is 0 Å². The average Bonchev–Trinajstić information content (AvgIpc) is 2.86. The van der Waals surface area contributed by atoms with E-state index >= 15 is 0 Å². The summed E-state index contributed by atoms with van der Waals surface area (Å²) < 4.78 is 10.7. The van der Waals surface area contributed by atoms with Crippen LogP contribution in [0.15, 0.2) is 78.9 Å². The van der Waals surface area contributed by atoms with Crippen molar-refractivity contribution in [3.63, 3.8) is 0 Å². The predicted octanol–water partition coefficient (Wildman–Crippen LogP) is 5.27. The van der Waals surface area contributed by atoms with Gasteiger partial charge >= 0.3 is 5.97 Å². The van der Waals surface area contributed by atoms with Crippen molar-refractivity contribution in [3.8, 4) is 0 Å². The van der Waals surface area contributed by atoms with Crippen molar-refractivity contribution in [2.24, 2.45) is 0 Å². The highest BCUT2D eigenvalue weighted by Crippen LogP contribution is 2.13. The molecular formula is C27H26ClNO5. The molecule has 34 heavy (non-hydrogen) atoms. The molecule has 1 amide bonds. The molecular weight excluding hydrogens is 454 g/mol. The van der Waals surface area contributed by atoms with Gasteiger partial charge in [0, 0.05) is 23.6 Å². The lowest BCUT2D eigenvalue weighted by atomic mass is 10.1. The molecule has 0 spiro atoms. The third-order valence-electron chi connectivity index (χ3n) is 4.94. The maximum Gasteiger partial charge on any atom is 0.332 e. The number of carbonyl (C=O) groups excluding carboxylic acids is 1. The number of rotatable bonds is 12. The summed E-state index contributed by atoms with van der Waals surface area (Å²) >= 11 is 5.89. The van der Waals surface area contributed by atoms with E-state index in [4.69, 9.17) is 21.1 Å². The highest BCUT2D eigenvalue weighted by molar-refractivity contribution is 6.30. The lowest BCUT2D eigenvalue weighted by Gasteiger charge is -2.14. The molecule has 0 aliphatic carbocycles. The smallest absolute Gasteiger partial charge is 0.332 e. The minimum Gasteiger partial charge on any atom is -0.479 e. The average molecular weight is 480 g/mol. The molecule has 0 aromatic heterocycles. The van der Waals surface area contributed by atoms with Crippen molar-refractivity contribution in [3.05, 3.63) is 106 Å². The standard InChI is InChI=1S/C27H26ClNO5/c28-24-14-10-21(11-15-24)7-6-20-8-12-23(13-9-20)26(30)29-17-16-25(27(31)32)34-19-33-18-22-4-2-1-3-5-22/h1-15,25H,16-19H2,(H,29,30)(H,31,32)/b7-6+. The van der Waals surface area contributed by atoms with Gasteiger partial charge < -0.3 is 19.9 Å². The molecule has 3 aromatic carbocycles. The van der Waals surface area contributed by atoms with Crippen LogP contribution >= 0.6 is 11.6 Å². The van der Waals surface area contributed by atoms with Crippen LogP contribution in [0.5, 0.6) is 0 Å². The molecule has 7 heteroatoms. The highest BCUT2D eigenvalue weighted by Gasteiger charge is 2.18. The van der Waals surface area contributed by atoms with Gasteiger partial charge in [-0.2, -0.15) is 0 Å². The molecule has 0 heterocycles. The predicted molar refractivity (Wildman–Crippen MR) is 132 cm³/mol. The Hall–Kier alpha value is -3.45. The van der Waals surface area contributed by atoms with Gasteiger partial charge in [-0.1, -0.05) is 78.4 Å². The number of ether oxygens (including phenoxy) is 2. The number of halogens is 1. The number of carboxylic acids is 1. The van der Waals surface area contributed by atoms with Gasteiger partial charge in [0.05, 0.1) is 6.61 Å². The number of carbonyl (C=O) groups is 2. The van der Waals surface area contributed by atoms with Crippen LogP contribution in [0.4, 0.5) is 0 Å². The first-order valence-electron chi connectivity index (χ1n) is 10.8. The van der Waals surface area contributed by atoms with Gasteiger partial charge in [0.1, 0.15) is 6.79 Å². The highest BCUT2D eigenvalue weighted by atomic mass is 35.5. The van der Waals surface area contributed by atoms with Crippen LogP contribution in [-0.2, 0) is 20.9 Å². The van der Waals surface area contributed by atoms with Gasteiger partial charge in [-0.05, 0) is 41.0 Å². The molecule has 6 nitrogen and oxygen atoms in total. The molecule has 0 bridgehead atoms. The zero-order valence-electron chi connectivity index (χ0n) is 18.5. The van der Waals surface area contributed by atoms with E-state index in [0.29, 0.717) is 17.2 Å². The maximum absolute atomic E-state index is 12.4. The van der Waals surface area contributed by atoms with E-state index < -0.39 is 12.1 Å². The summed E-state index contributed by atoms with van der Waals surface area (Å²) in [5.41, 5.74) is 3.42. The molecule has 0 aliphatic heterocycles. The summed E-state index contributed by atoms with van der Waals surface area (Å²) in [6.07, 6.45) is 2.95. The molecule has 0 saturated carbocycles. The number of carboxylic acid groups (broad SMARTS) is 1. The van der Waals surface area contributed by atoms with Gasteiger partial charge in [-0.3, -0.25) is 4.79 Å². The fourth-order valence-corrected chi connectivity index (χ4v) is 3.20. The van der Waals surface area contributed by atoms with Crippen LogP contribution < -0.4 is 5.32 Å². The summed E-state index contributed by atoms with van der Waals surface area (Å²) in [6, 6.07) is 24.1. The SMILES string of the molecule is O=C(NCCC(OCOCc1ccccc1)C(=O)O)c1ccc(/C=C/c2ccc(Cl)cc2)cc1. The van der Waals surface area contributed by atoms with Crippen molar-refractivity contribution in [1.82, 2.24) is 5.32 Å². The summed E-state index contributed by atoms with van der Waals surface area (Å²) in [7, 11) is 0. The quantitative estimate of drug-likeness (QED) is 0.210. The number of benzene rings is 3. The van der Waals surface area contributed by atoms with Crippen molar-refractivity contribution < 1.29 is 24.2 Å². The Labute approximate surface area is 203 Å². The Morgan fingerprint density at radius 1 is 0.912 bits per heavy atom. The summed E-state index contributed by atoms with van der Waals surface area (Å²) in [4.78, 5) is 23.8. The molecule has 0 saturated heterocycles. The lowest BCUT2D eigenvalue weighted by molar-refractivity contribution is -0.162. The number of aliphatic carboxylic acids is 1. The molecule has 2 N–H and O–H groups in total. The number of amides is 1. The Balaban J connectivity index is 1.40. The minimum absolute atomic E-state index is 0.123. The van der Waals surface area contributed by atoms with E-state index in [0.717, 1.165) is 16.7 Å². The second kappa shape index (κ2) is 13.3. The Kier molecular flexibility index (Phi) is 9.85. The Bertz CT molecular complexity index is 1080. The largest absolute Gasteiger partial charge is 0.479 e. The van der Waals surface area contributed by atoms with E-state index in [1.165, 1.54) is 0 Å². The van der Waals surface area contributed by atoms with Gasteiger partial charge in [0.15, 0.2) is 6.10 Å². The number of hydrogen-bond acceptors (Lipinski definition) is 4. The van der Waals surface area contributed by atoms with Crippen LogP contribution in [0.1, 0.15) is 33.5 Å². The third kappa shape index (κ3) is 8.48. The van der Waals surface area contributed by atoms with Gasteiger partial charge in [0.25, 0.3) is 5.91 Å².